The van der Waals surface area contributed by atoms with Crippen molar-refractivity contribution in [1.29, 1.82) is 0 Å². The van der Waals surface area contributed by atoms with Gasteiger partial charge in [-0.05, 0) is 68.1 Å². The fraction of sp³-hybridized carbons (Fsp3) is 0.875. The maximum absolute atomic E-state index is 4.40. The third-order valence-corrected chi connectivity index (χ3v) is 7.01. The van der Waals surface area contributed by atoms with Gasteiger partial charge in [0.05, 0.1) is 10.5 Å². The molecule has 0 N–H and O–H groups in total. The maximum atomic E-state index is 4.40. The van der Waals surface area contributed by atoms with E-state index in [-0.39, 0.29) is 0 Å². The molecule has 1 aromatic heterocycles. The van der Waals surface area contributed by atoms with E-state index in [1.54, 1.807) is 0 Å². The molecular formula is C16H24BrN3. The lowest BCUT2D eigenvalue weighted by molar-refractivity contribution is -0.0637. The van der Waals surface area contributed by atoms with Crippen molar-refractivity contribution in [2.45, 2.75) is 63.2 Å². The Hall–Kier alpha value is -0.380. The van der Waals surface area contributed by atoms with Crippen LogP contribution >= 0.6 is 15.9 Å². The molecule has 4 fully saturated rings. The van der Waals surface area contributed by atoms with Crippen molar-refractivity contribution in [3.8, 4) is 0 Å². The van der Waals surface area contributed by atoms with Gasteiger partial charge in [0.1, 0.15) is 0 Å². The number of nitrogens with zero attached hydrogens (tertiary/aromatic N) is 3. The van der Waals surface area contributed by atoms with Gasteiger partial charge < -0.3 is 0 Å². The fourth-order valence-corrected chi connectivity index (χ4v) is 5.78. The monoisotopic (exact) mass is 337 g/mol. The zero-order valence-electron chi connectivity index (χ0n) is 12.3. The Morgan fingerprint density at radius 2 is 1.85 bits per heavy atom. The van der Waals surface area contributed by atoms with E-state index in [9.17, 15) is 0 Å². The second-order valence-corrected chi connectivity index (χ2v) is 8.74. The standard InChI is InChI=1S/C16H24BrN3/c1-2-14(17)15-9-20(19-18-15)10-16-6-11-3-12(7-16)5-13(4-11)8-16/h9,11-14H,2-8,10H2,1H3. The molecule has 4 aliphatic carbocycles. The number of rotatable bonds is 4. The van der Waals surface area contributed by atoms with E-state index in [2.05, 4.69) is 44.0 Å². The molecule has 1 unspecified atom stereocenters. The van der Waals surface area contributed by atoms with Crippen LogP contribution in [-0.2, 0) is 6.54 Å². The van der Waals surface area contributed by atoms with Crippen molar-refractivity contribution >= 4 is 15.9 Å². The van der Waals surface area contributed by atoms with E-state index in [0.29, 0.717) is 10.2 Å². The minimum atomic E-state index is 0.354. The van der Waals surface area contributed by atoms with Gasteiger partial charge in [0.2, 0.25) is 0 Å². The van der Waals surface area contributed by atoms with Crippen LogP contribution in [0.15, 0.2) is 6.20 Å². The predicted molar refractivity (Wildman–Crippen MR) is 82.6 cm³/mol. The Morgan fingerprint density at radius 1 is 1.25 bits per heavy atom. The summed E-state index contributed by atoms with van der Waals surface area (Å²) in [4.78, 5) is 0.354. The minimum Gasteiger partial charge on any atom is -0.252 e. The van der Waals surface area contributed by atoms with Gasteiger partial charge in [-0.15, -0.1) is 5.10 Å². The lowest BCUT2D eigenvalue weighted by atomic mass is 9.49. The van der Waals surface area contributed by atoms with Gasteiger partial charge in [-0.25, -0.2) is 0 Å². The fourth-order valence-electron chi connectivity index (χ4n) is 5.57. The second-order valence-electron chi connectivity index (χ2n) is 7.63. The zero-order valence-corrected chi connectivity index (χ0v) is 13.8. The van der Waals surface area contributed by atoms with Gasteiger partial charge in [0.25, 0.3) is 0 Å². The number of hydrogen-bond acceptors (Lipinski definition) is 2. The Bertz CT molecular complexity index is 460. The first-order valence-electron chi connectivity index (χ1n) is 8.20. The van der Waals surface area contributed by atoms with Gasteiger partial charge in [-0.1, -0.05) is 28.1 Å². The smallest absolute Gasteiger partial charge is 0.0963 e. The SMILES string of the molecule is CCC(Br)c1cn(CC23CC4CC(CC(C4)C2)C3)nn1. The molecule has 0 radical (unpaired) electrons. The van der Waals surface area contributed by atoms with Crippen LogP contribution in [0, 0.1) is 23.2 Å². The highest BCUT2D eigenvalue weighted by Gasteiger charge is 2.51. The Kier molecular flexibility index (Phi) is 3.21. The van der Waals surface area contributed by atoms with E-state index in [1.807, 2.05) is 0 Å². The van der Waals surface area contributed by atoms with Crippen LogP contribution < -0.4 is 0 Å². The quantitative estimate of drug-likeness (QED) is 0.765. The summed E-state index contributed by atoms with van der Waals surface area (Å²) >= 11 is 3.68. The average Bonchev–Trinajstić information content (AvgIpc) is 2.83. The molecule has 0 amide bonds. The normalized spacial score (nSPS) is 40.2. The molecule has 4 bridgehead atoms. The van der Waals surface area contributed by atoms with E-state index >= 15 is 0 Å². The van der Waals surface area contributed by atoms with Crippen molar-refractivity contribution < 1.29 is 0 Å². The van der Waals surface area contributed by atoms with Crippen molar-refractivity contribution in [2.75, 3.05) is 0 Å². The second kappa shape index (κ2) is 4.82. The van der Waals surface area contributed by atoms with Crippen molar-refractivity contribution in [3.63, 3.8) is 0 Å². The van der Waals surface area contributed by atoms with Crippen LogP contribution in [0.4, 0.5) is 0 Å². The zero-order chi connectivity index (χ0) is 13.7. The van der Waals surface area contributed by atoms with Crippen LogP contribution in [0.3, 0.4) is 0 Å². The third kappa shape index (κ3) is 2.24. The molecule has 0 saturated heterocycles. The summed E-state index contributed by atoms with van der Waals surface area (Å²) in [7, 11) is 0. The molecule has 1 atom stereocenters. The molecule has 20 heavy (non-hydrogen) atoms. The van der Waals surface area contributed by atoms with Gasteiger partial charge >= 0.3 is 0 Å². The van der Waals surface area contributed by atoms with Gasteiger partial charge in [-0.3, -0.25) is 4.68 Å². The molecule has 1 aromatic rings. The average molecular weight is 338 g/mol. The van der Waals surface area contributed by atoms with Crippen LogP contribution in [0.1, 0.15) is 62.4 Å². The molecule has 5 rings (SSSR count). The molecule has 1 heterocycles. The minimum absolute atomic E-state index is 0.354. The molecule has 4 heteroatoms. The first kappa shape index (κ1) is 13.3. The van der Waals surface area contributed by atoms with E-state index in [1.165, 1.54) is 38.5 Å². The summed E-state index contributed by atoms with van der Waals surface area (Å²) in [6.45, 7) is 3.28. The van der Waals surface area contributed by atoms with Crippen LogP contribution in [-0.4, -0.2) is 15.0 Å². The molecule has 4 saturated carbocycles. The first-order valence-corrected chi connectivity index (χ1v) is 9.11. The Labute approximate surface area is 129 Å². The highest BCUT2D eigenvalue weighted by Crippen LogP contribution is 2.60. The number of hydrogen-bond donors (Lipinski definition) is 0. The summed E-state index contributed by atoms with van der Waals surface area (Å²) < 4.78 is 2.13. The van der Waals surface area contributed by atoms with Crippen LogP contribution in [0.2, 0.25) is 0 Å². The number of aromatic nitrogens is 3. The van der Waals surface area contributed by atoms with E-state index in [4.69, 9.17) is 0 Å². The van der Waals surface area contributed by atoms with Gasteiger partial charge in [-0.2, -0.15) is 0 Å². The maximum Gasteiger partial charge on any atom is 0.0963 e. The molecule has 3 nitrogen and oxygen atoms in total. The summed E-state index contributed by atoms with van der Waals surface area (Å²) in [6, 6.07) is 0. The van der Waals surface area contributed by atoms with E-state index in [0.717, 1.165) is 36.4 Å². The van der Waals surface area contributed by atoms with Gasteiger partial charge in [0.15, 0.2) is 0 Å². The summed E-state index contributed by atoms with van der Waals surface area (Å²) in [5.74, 6) is 3.05. The Balaban J connectivity index is 1.52. The van der Waals surface area contributed by atoms with Crippen LogP contribution in [0.25, 0.3) is 0 Å². The largest absolute Gasteiger partial charge is 0.252 e. The van der Waals surface area contributed by atoms with Crippen molar-refractivity contribution in [2.24, 2.45) is 23.2 Å². The lowest BCUT2D eigenvalue weighted by Gasteiger charge is -2.56. The topological polar surface area (TPSA) is 30.7 Å². The van der Waals surface area contributed by atoms with E-state index < -0.39 is 0 Å². The Morgan fingerprint density at radius 3 is 2.40 bits per heavy atom. The third-order valence-electron chi connectivity index (χ3n) is 5.90. The molecule has 0 aliphatic heterocycles. The first-order chi connectivity index (χ1) is 9.66. The van der Waals surface area contributed by atoms with Crippen LogP contribution in [0.5, 0.6) is 0 Å². The number of alkyl halides is 1. The predicted octanol–water partition coefficient (Wildman–Crippen LogP) is 4.34. The molecule has 0 spiro atoms. The highest BCUT2D eigenvalue weighted by molar-refractivity contribution is 9.09. The molecule has 110 valence electrons. The van der Waals surface area contributed by atoms with Crippen molar-refractivity contribution in [1.82, 2.24) is 15.0 Å². The molecule has 4 aliphatic rings. The summed E-state index contributed by atoms with van der Waals surface area (Å²) in [6.07, 6.45) is 12.1. The number of halogens is 1. The highest BCUT2D eigenvalue weighted by atomic mass is 79.9. The van der Waals surface area contributed by atoms with Crippen molar-refractivity contribution in [3.05, 3.63) is 11.9 Å². The van der Waals surface area contributed by atoms with Gasteiger partial charge in [0, 0.05) is 12.7 Å². The molecular weight excluding hydrogens is 314 g/mol. The molecule has 0 aromatic carbocycles. The summed E-state index contributed by atoms with van der Waals surface area (Å²) in [5.41, 5.74) is 1.64. The lowest BCUT2D eigenvalue weighted by Crippen LogP contribution is -2.48. The summed E-state index contributed by atoms with van der Waals surface area (Å²) in [5, 5.41) is 8.75.